The number of nitrogens with one attached hydrogen (secondary N) is 2. The lowest BCUT2D eigenvalue weighted by molar-refractivity contribution is -0.274. The number of halogens is 3. The van der Waals surface area contributed by atoms with Crippen LogP contribution in [0.5, 0.6) is 11.5 Å². The van der Waals surface area contributed by atoms with Crippen molar-refractivity contribution in [1.29, 1.82) is 0 Å². The van der Waals surface area contributed by atoms with Crippen LogP contribution in [0.25, 0.3) is 17.2 Å². The number of fused-ring (bicyclic) bond motifs is 1. The molecule has 2 aromatic rings. The van der Waals surface area contributed by atoms with Crippen LogP contribution in [0, 0.1) is 5.92 Å². The smallest absolute Gasteiger partial charge is 0.492 e. The third-order valence-corrected chi connectivity index (χ3v) is 5.75. The van der Waals surface area contributed by atoms with Crippen LogP contribution in [0.3, 0.4) is 0 Å². The first-order chi connectivity index (χ1) is 16.2. The summed E-state index contributed by atoms with van der Waals surface area (Å²) in [6.07, 6.45) is -3.64. The third-order valence-electron chi connectivity index (χ3n) is 5.75. The zero-order valence-corrected chi connectivity index (χ0v) is 19.4. The summed E-state index contributed by atoms with van der Waals surface area (Å²) in [5.41, 5.74) is 1.11. The number of ether oxygens (including phenoxy) is 2. The number of amides is 3. The van der Waals surface area contributed by atoms with Crippen LogP contribution in [-0.4, -0.2) is 30.7 Å². The maximum Gasteiger partial charge on any atom is 0.573 e. The Morgan fingerprint density at radius 3 is 2.43 bits per heavy atom. The average Bonchev–Trinajstić information content (AvgIpc) is 3.24. The van der Waals surface area contributed by atoms with Gasteiger partial charge in [0.15, 0.2) is 5.78 Å². The minimum atomic E-state index is -4.97. The van der Waals surface area contributed by atoms with Crippen LogP contribution in [0.15, 0.2) is 36.0 Å². The molecule has 2 aliphatic rings. The van der Waals surface area contributed by atoms with Crippen molar-refractivity contribution in [3.05, 3.63) is 52.7 Å². The highest BCUT2D eigenvalue weighted by molar-refractivity contribution is 6.14. The predicted molar refractivity (Wildman–Crippen MR) is 121 cm³/mol. The van der Waals surface area contributed by atoms with Gasteiger partial charge in [0, 0.05) is 33.6 Å². The number of benzene rings is 2. The van der Waals surface area contributed by atoms with Crippen molar-refractivity contribution in [2.75, 3.05) is 6.61 Å². The van der Waals surface area contributed by atoms with Gasteiger partial charge in [-0.15, -0.1) is 13.2 Å². The molecule has 2 aromatic carbocycles. The number of hydrogen-bond acceptors (Lipinski definition) is 5. The Bertz CT molecular complexity index is 1280. The van der Waals surface area contributed by atoms with Crippen LogP contribution in [0.2, 0.25) is 0 Å². The highest BCUT2D eigenvalue weighted by Gasteiger charge is 2.37. The van der Waals surface area contributed by atoms with E-state index in [2.05, 4.69) is 15.4 Å². The number of rotatable bonds is 5. The average molecular weight is 488 g/mol. The summed E-state index contributed by atoms with van der Waals surface area (Å²) >= 11 is 0. The van der Waals surface area contributed by atoms with E-state index in [1.807, 2.05) is 13.8 Å². The zero-order chi connectivity index (χ0) is 25.7. The van der Waals surface area contributed by atoms with E-state index in [1.165, 1.54) is 24.3 Å². The molecule has 0 bridgehead atoms. The first-order valence-electron chi connectivity index (χ1n) is 10.8. The van der Waals surface area contributed by atoms with Crippen LogP contribution < -0.4 is 20.1 Å². The molecule has 0 radical (unpaired) electrons. The summed E-state index contributed by atoms with van der Waals surface area (Å²) in [6, 6.07) is 6.35. The fraction of sp³-hybridized carbons (Fsp3) is 0.320. The molecule has 0 aromatic heterocycles. The summed E-state index contributed by atoms with van der Waals surface area (Å²) in [5, 5.41) is 4.40. The minimum absolute atomic E-state index is 0.0220. The number of ketones is 1. The summed E-state index contributed by atoms with van der Waals surface area (Å²) in [7, 11) is 0. The number of alkyl halides is 3. The van der Waals surface area contributed by atoms with Crippen LogP contribution in [0.1, 0.15) is 49.2 Å². The van der Waals surface area contributed by atoms with Gasteiger partial charge in [-0.2, -0.15) is 0 Å². The second kappa shape index (κ2) is 8.44. The van der Waals surface area contributed by atoms with Crippen LogP contribution >= 0.6 is 0 Å². The molecular formula is C25H23F3N2O5. The Labute approximate surface area is 199 Å². The van der Waals surface area contributed by atoms with E-state index in [9.17, 15) is 27.6 Å². The van der Waals surface area contributed by atoms with Crippen molar-refractivity contribution < 1.29 is 37.0 Å². The van der Waals surface area contributed by atoms with E-state index in [4.69, 9.17) is 4.74 Å². The Kier molecular flexibility index (Phi) is 5.86. The van der Waals surface area contributed by atoms with Gasteiger partial charge in [-0.25, -0.2) is 4.79 Å². The molecule has 4 rings (SSSR count). The lowest BCUT2D eigenvalue weighted by atomic mass is 9.82. The number of imide groups is 1. The van der Waals surface area contributed by atoms with E-state index in [0.29, 0.717) is 22.4 Å². The number of carbonyl (C=O) groups excluding carboxylic acids is 3. The maximum atomic E-state index is 13.3. The van der Waals surface area contributed by atoms with Gasteiger partial charge < -0.3 is 14.8 Å². The van der Waals surface area contributed by atoms with Crippen molar-refractivity contribution >= 4 is 23.8 Å². The molecule has 0 aliphatic carbocycles. The summed E-state index contributed by atoms with van der Waals surface area (Å²) in [4.78, 5) is 36.2. The summed E-state index contributed by atoms with van der Waals surface area (Å²) in [6.45, 7) is 7.59. The molecule has 0 atom stereocenters. The van der Waals surface area contributed by atoms with Crippen molar-refractivity contribution in [3.63, 3.8) is 0 Å². The number of Topliss-reactive ketones (excluding diaryl/α,β-unsaturated/α-hetero) is 1. The lowest BCUT2D eigenvalue weighted by Gasteiger charge is -2.19. The Morgan fingerprint density at radius 2 is 1.83 bits per heavy atom. The van der Waals surface area contributed by atoms with E-state index in [1.54, 1.807) is 19.9 Å². The highest BCUT2D eigenvalue weighted by Crippen LogP contribution is 2.48. The number of urea groups is 1. The third kappa shape index (κ3) is 4.87. The van der Waals surface area contributed by atoms with E-state index < -0.39 is 29.5 Å². The molecule has 2 heterocycles. The van der Waals surface area contributed by atoms with Crippen molar-refractivity contribution in [3.8, 4) is 22.6 Å². The first kappa shape index (κ1) is 24.3. The highest BCUT2D eigenvalue weighted by atomic mass is 19.4. The monoisotopic (exact) mass is 488 g/mol. The quantitative estimate of drug-likeness (QED) is 0.353. The molecular weight excluding hydrogens is 465 g/mol. The van der Waals surface area contributed by atoms with E-state index in [0.717, 1.165) is 6.07 Å². The van der Waals surface area contributed by atoms with Crippen LogP contribution in [-0.2, 0) is 10.2 Å². The fourth-order valence-electron chi connectivity index (χ4n) is 4.00. The lowest BCUT2D eigenvalue weighted by Crippen LogP contribution is -2.22. The molecule has 2 N–H and O–H groups in total. The Balaban J connectivity index is 1.95. The Hall–Kier alpha value is -3.82. The second-order valence-corrected chi connectivity index (χ2v) is 9.36. The van der Waals surface area contributed by atoms with Gasteiger partial charge in [0.2, 0.25) is 0 Å². The molecule has 0 spiro atoms. The second-order valence-electron chi connectivity index (χ2n) is 9.36. The molecule has 35 heavy (non-hydrogen) atoms. The summed E-state index contributed by atoms with van der Waals surface area (Å²) in [5.74, 6) is -1.30. The molecule has 184 valence electrons. The predicted octanol–water partition coefficient (Wildman–Crippen LogP) is 4.94. The molecule has 0 saturated carbocycles. The molecule has 2 aliphatic heterocycles. The number of hydrogen-bond donors (Lipinski definition) is 2. The number of carbonyl (C=O) groups is 3. The largest absolute Gasteiger partial charge is 0.573 e. The minimum Gasteiger partial charge on any atom is -0.492 e. The van der Waals surface area contributed by atoms with Crippen molar-refractivity contribution in [2.24, 2.45) is 5.92 Å². The standard InChI is InChI=1S/C25H23F3N2O5/c1-12(2)20(31)14-9-16(21-17(10-14)24(3,4)11-34-21)15-7-13(5-6-19(15)35-25(26,27)28)8-18-22(32)30-23(33)29-18/h5-10,12H,11H2,1-4H3,(H2,29,30,32,33)/b18-8-. The maximum absolute atomic E-state index is 13.3. The molecule has 0 unspecified atom stereocenters. The molecule has 1 fully saturated rings. The molecule has 7 nitrogen and oxygen atoms in total. The fourth-order valence-corrected chi connectivity index (χ4v) is 4.00. The van der Waals surface area contributed by atoms with Crippen molar-refractivity contribution in [1.82, 2.24) is 10.6 Å². The first-order valence-corrected chi connectivity index (χ1v) is 10.8. The van der Waals surface area contributed by atoms with Gasteiger partial charge in [0.1, 0.15) is 17.2 Å². The zero-order valence-electron chi connectivity index (χ0n) is 19.4. The van der Waals surface area contributed by atoms with Gasteiger partial charge in [0.25, 0.3) is 5.91 Å². The van der Waals surface area contributed by atoms with Crippen LogP contribution in [0.4, 0.5) is 18.0 Å². The molecule has 3 amide bonds. The van der Waals surface area contributed by atoms with Crippen molar-refractivity contribution in [2.45, 2.75) is 39.5 Å². The normalized spacial score (nSPS) is 17.8. The molecule has 10 heteroatoms. The molecule has 1 saturated heterocycles. The SMILES string of the molecule is CC(C)C(=O)c1cc(-c2cc(/C=C3\NC(=O)NC3=O)ccc2OC(F)(F)F)c2c(c1)C(C)(C)CO2. The summed E-state index contributed by atoms with van der Waals surface area (Å²) < 4.78 is 49.9. The van der Waals surface area contributed by atoms with Gasteiger partial charge in [0.05, 0.1) is 6.61 Å². The van der Waals surface area contributed by atoms with Gasteiger partial charge >= 0.3 is 12.4 Å². The topological polar surface area (TPSA) is 93.7 Å². The van der Waals surface area contributed by atoms with E-state index in [-0.39, 0.29) is 35.1 Å². The van der Waals surface area contributed by atoms with E-state index >= 15 is 0 Å². The Morgan fingerprint density at radius 1 is 1.11 bits per heavy atom. The van der Waals surface area contributed by atoms with Gasteiger partial charge in [-0.1, -0.05) is 33.8 Å². The van der Waals surface area contributed by atoms with Gasteiger partial charge in [-0.05, 0) is 35.9 Å². The van der Waals surface area contributed by atoms with Gasteiger partial charge in [-0.3, -0.25) is 14.9 Å².